The second-order valence-corrected chi connectivity index (χ2v) is 7.60. The van der Waals surface area contributed by atoms with Crippen molar-refractivity contribution in [2.45, 2.75) is 38.5 Å². The van der Waals surface area contributed by atoms with Crippen molar-refractivity contribution < 1.29 is 23.9 Å². The van der Waals surface area contributed by atoms with Crippen LogP contribution in [-0.4, -0.2) is 36.7 Å². The van der Waals surface area contributed by atoms with Crippen LogP contribution in [-0.2, 0) is 23.9 Å². The van der Waals surface area contributed by atoms with E-state index in [-0.39, 0.29) is 36.5 Å². The lowest BCUT2D eigenvalue weighted by Gasteiger charge is -2.36. The van der Waals surface area contributed by atoms with Gasteiger partial charge in [-0.3, -0.25) is 19.2 Å². The molecule has 0 radical (unpaired) electrons. The molecule has 2 saturated carbocycles. The van der Waals surface area contributed by atoms with E-state index < -0.39 is 24.4 Å². The highest BCUT2D eigenvalue weighted by Gasteiger charge is 2.42. The van der Waals surface area contributed by atoms with Gasteiger partial charge in [0.15, 0.2) is 6.61 Å². The van der Waals surface area contributed by atoms with Crippen LogP contribution in [0.2, 0.25) is 0 Å². The summed E-state index contributed by atoms with van der Waals surface area (Å²) < 4.78 is 5.30. The molecular weight excluding hydrogens is 360 g/mol. The zero-order valence-electron chi connectivity index (χ0n) is 15.8. The summed E-state index contributed by atoms with van der Waals surface area (Å²) in [5, 5.41) is 0. The van der Waals surface area contributed by atoms with Crippen LogP contribution in [0.4, 0.5) is 5.69 Å². The first kappa shape index (κ1) is 20.0. The fourth-order valence-corrected chi connectivity index (χ4v) is 4.23. The Bertz CT molecular complexity index is 732. The number of nitrogens with two attached hydrogens (primary N) is 1. The summed E-state index contributed by atoms with van der Waals surface area (Å²) in [4.78, 5) is 49.8. The fourth-order valence-electron chi connectivity index (χ4n) is 4.23. The second kappa shape index (κ2) is 8.99. The number of hydrogen-bond donors (Lipinski definition) is 1. The summed E-state index contributed by atoms with van der Waals surface area (Å²) in [6.07, 6.45) is 3.77. The van der Waals surface area contributed by atoms with Crippen molar-refractivity contribution in [1.82, 2.24) is 0 Å². The van der Waals surface area contributed by atoms with Crippen molar-refractivity contribution >= 4 is 29.3 Å². The summed E-state index contributed by atoms with van der Waals surface area (Å²) in [5.74, 6) is -1.46. The number of carbonyl (C=O) groups excluding carboxylic acids is 4. The van der Waals surface area contributed by atoms with Crippen LogP contribution in [0.15, 0.2) is 30.3 Å². The molecule has 0 heterocycles. The van der Waals surface area contributed by atoms with E-state index in [2.05, 4.69) is 0 Å². The van der Waals surface area contributed by atoms with Crippen molar-refractivity contribution in [3.8, 4) is 0 Å². The molecule has 1 aromatic rings. The van der Waals surface area contributed by atoms with Crippen molar-refractivity contribution in [1.29, 1.82) is 0 Å². The van der Waals surface area contributed by atoms with Gasteiger partial charge in [-0.1, -0.05) is 24.6 Å². The maximum atomic E-state index is 12.6. The molecule has 150 valence electrons. The number of ether oxygens (including phenoxy) is 1. The van der Waals surface area contributed by atoms with Crippen LogP contribution in [0.1, 0.15) is 38.5 Å². The molecule has 0 aromatic heterocycles. The number of carbonyl (C=O) groups is 4. The zero-order valence-corrected chi connectivity index (χ0v) is 15.8. The largest absolute Gasteiger partial charge is 0.455 e. The Balaban J connectivity index is 1.58. The Kier molecular flexibility index (Phi) is 6.44. The molecule has 3 rings (SSSR count). The summed E-state index contributed by atoms with van der Waals surface area (Å²) >= 11 is 0. The van der Waals surface area contributed by atoms with Crippen molar-refractivity contribution in [3.63, 3.8) is 0 Å². The molecule has 0 aliphatic heterocycles. The van der Waals surface area contributed by atoms with Crippen LogP contribution >= 0.6 is 0 Å². The number of fused-ring (bicyclic) bond motifs is 2. The van der Waals surface area contributed by atoms with Crippen LogP contribution < -0.4 is 10.6 Å². The second-order valence-electron chi connectivity index (χ2n) is 7.60. The third kappa shape index (κ3) is 4.77. The summed E-state index contributed by atoms with van der Waals surface area (Å²) in [6, 6.07) is 8.87. The Labute approximate surface area is 164 Å². The van der Waals surface area contributed by atoms with Gasteiger partial charge in [0.25, 0.3) is 5.91 Å². The van der Waals surface area contributed by atoms with Crippen LogP contribution in [0.5, 0.6) is 0 Å². The number of primary amides is 1. The Morgan fingerprint density at radius 3 is 2.32 bits per heavy atom. The average Bonchev–Trinajstić information content (AvgIpc) is 2.66. The van der Waals surface area contributed by atoms with Gasteiger partial charge in [0.1, 0.15) is 5.78 Å². The molecule has 2 aliphatic rings. The SMILES string of the molecule is NC(=O)CCN(C(=O)COC(=O)C1CC2CCCC(C1)C2=O)c1ccccc1. The number of para-hydroxylation sites is 1. The minimum absolute atomic E-state index is 0.0165. The lowest BCUT2D eigenvalue weighted by Crippen LogP contribution is -2.41. The molecule has 0 spiro atoms. The summed E-state index contributed by atoms with van der Waals surface area (Å²) in [7, 11) is 0. The number of nitrogens with zero attached hydrogens (tertiary/aromatic N) is 1. The Hall–Kier alpha value is -2.70. The van der Waals surface area contributed by atoms with E-state index in [1.807, 2.05) is 6.07 Å². The molecule has 2 amide bonds. The molecular formula is C21H26N2O5. The number of ketones is 1. The number of anilines is 1. The number of benzene rings is 1. The minimum Gasteiger partial charge on any atom is -0.455 e. The van der Waals surface area contributed by atoms with Gasteiger partial charge in [-0.15, -0.1) is 0 Å². The highest BCUT2D eigenvalue weighted by Crippen LogP contribution is 2.40. The zero-order chi connectivity index (χ0) is 20.1. The molecule has 28 heavy (non-hydrogen) atoms. The van der Waals surface area contributed by atoms with Gasteiger partial charge in [-0.05, 0) is 37.8 Å². The highest BCUT2D eigenvalue weighted by atomic mass is 16.5. The lowest BCUT2D eigenvalue weighted by atomic mass is 9.67. The van der Waals surface area contributed by atoms with E-state index in [4.69, 9.17) is 10.5 Å². The Morgan fingerprint density at radius 1 is 1.07 bits per heavy atom. The van der Waals surface area contributed by atoms with Crippen LogP contribution in [0.3, 0.4) is 0 Å². The first-order chi connectivity index (χ1) is 13.5. The predicted octanol–water partition coefficient (Wildman–Crippen LogP) is 1.83. The molecule has 2 aliphatic carbocycles. The van der Waals surface area contributed by atoms with Crippen molar-refractivity contribution in [2.24, 2.45) is 23.5 Å². The van der Waals surface area contributed by atoms with Gasteiger partial charge >= 0.3 is 5.97 Å². The lowest BCUT2D eigenvalue weighted by molar-refractivity contribution is -0.156. The topological polar surface area (TPSA) is 107 Å². The molecule has 2 bridgehead atoms. The standard InChI is InChI=1S/C21H26N2O5/c22-18(24)9-10-23(17-7-2-1-3-8-17)19(25)13-28-21(27)16-11-14-5-4-6-15(12-16)20(14)26/h1-3,7-8,14-16H,4-6,9-13H2,(H2,22,24). The van der Waals surface area contributed by atoms with Gasteiger partial charge in [0.2, 0.25) is 5.91 Å². The minimum atomic E-state index is -0.510. The number of amides is 2. The van der Waals surface area contributed by atoms with Gasteiger partial charge < -0.3 is 15.4 Å². The van der Waals surface area contributed by atoms with Gasteiger partial charge in [-0.2, -0.15) is 0 Å². The highest BCUT2D eigenvalue weighted by molar-refractivity contribution is 5.96. The summed E-state index contributed by atoms with van der Waals surface area (Å²) in [6.45, 7) is -0.274. The summed E-state index contributed by atoms with van der Waals surface area (Å²) in [5.41, 5.74) is 5.82. The average molecular weight is 386 g/mol. The third-order valence-corrected chi connectivity index (χ3v) is 5.67. The number of hydrogen-bond acceptors (Lipinski definition) is 5. The molecule has 2 atom stereocenters. The van der Waals surface area contributed by atoms with Crippen LogP contribution in [0, 0.1) is 17.8 Å². The molecule has 7 nitrogen and oxygen atoms in total. The first-order valence-electron chi connectivity index (χ1n) is 9.79. The molecule has 2 fully saturated rings. The van der Waals surface area contributed by atoms with Gasteiger partial charge in [0, 0.05) is 30.5 Å². The van der Waals surface area contributed by atoms with E-state index in [9.17, 15) is 19.2 Å². The van der Waals surface area contributed by atoms with Crippen molar-refractivity contribution in [3.05, 3.63) is 30.3 Å². The van der Waals surface area contributed by atoms with Gasteiger partial charge in [-0.25, -0.2) is 0 Å². The maximum absolute atomic E-state index is 12.6. The third-order valence-electron chi connectivity index (χ3n) is 5.67. The normalized spacial score (nSPS) is 23.7. The molecule has 7 heteroatoms. The number of esters is 1. The van der Waals surface area contributed by atoms with E-state index in [0.29, 0.717) is 18.5 Å². The van der Waals surface area contributed by atoms with E-state index in [1.165, 1.54) is 4.90 Å². The maximum Gasteiger partial charge on any atom is 0.309 e. The molecule has 0 saturated heterocycles. The quantitative estimate of drug-likeness (QED) is 0.720. The van der Waals surface area contributed by atoms with E-state index in [0.717, 1.165) is 19.3 Å². The first-order valence-corrected chi connectivity index (χ1v) is 9.79. The fraction of sp³-hybridized carbons (Fsp3) is 0.524. The molecule has 1 aromatic carbocycles. The van der Waals surface area contributed by atoms with Crippen molar-refractivity contribution in [2.75, 3.05) is 18.1 Å². The van der Waals surface area contributed by atoms with E-state index in [1.54, 1.807) is 24.3 Å². The van der Waals surface area contributed by atoms with Gasteiger partial charge in [0.05, 0.1) is 5.92 Å². The van der Waals surface area contributed by atoms with Crippen LogP contribution in [0.25, 0.3) is 0 Å². The smallest absolute Gasteiger partial charge is 0.309 e. The Morgan fingerprint density at radius 2 is 1.71 bits per heavy atom. The van der Waals surface area contributed by atoms with E-state index >= 15 is 0 Å². The monoisotopic (exact) mass is 386 g/mol. The molecule has 2 N–H and O–H groups in total. The molecule has 2 unspecified atom stereocenters. The number of rotatable bonds is 7. The number of Topliss-reactive ketones (excluding diaryl/α,β-unsaturated/α-hetero) is 1. The predicted molar refractivity (Wildman–Crippen MR) is 102 cm³/mol.